The minimum atomic E-state index is -3.86. The maximum absolute atomic E-state index is 13.1. The Morgan fingerprint density at radius 2 is 1.79 bits per heavy atom. The van der Waals surface area contributed by atoms with Gasteiger partial charge in [-0.1, -0.05) is 41.7 Å². The van der Waals surface area contributed by atoms with E-state index in [0.29, 0.717) is 35.4 Å². The van der Waals surface area contributed by atoms with E-state index >= 15 is 0 Å². The molecule has 2 heterocycles. The van der Waals surface area contributed by atoms with E-state index in [1.54, 1.807) is 33.7 Å². The van der Waals surface area contributed by atoms with Crippen molar-refractivity contribution in [3.8, 4) is 0 Å². The summed E-state index contributed by atoms with van der Waals surface area (Å²) in [5.74, 6) is 0.0860. The van der Waals surface area contributed by atoms with Crippen LogP contribution >= 0.6 is 11.3 Å². The smallest absolute Gasteiger partial charge is 0.308 e. The molecule has 1 fully saturated rings. The van der Waals surface area contributed by atoms with Crippen LogP contribution in [0, 0.1) is 6.92 Å². The first-order valence-electron chi connectivity index (χ1n) is 10.9. The lowest BCUT2D eigenvalue weighted by atomic mass is 10.1. The number of carbonyl (C=O) groups excluding carboxylic acids is 1. The summed E-state index contributed by atoms with van der Waals surface area (Å²) in [7, 11) is -3.86. The van der Waals surface area contributed by atoms with Gasteiger partial charge in [-0.15, -0.1) is 0 Å². The Morgan fingerprint density at radius 1 is 1.00 bits per heavy atom. The molecule has 3 aromatic carbocycles. The summed E-state index contributed by atoms with van der Waals surface area (Å²) < 4.78 is 31.0. The average molecular weight is 494 g/mol. The van der Waals surface area contributed by atoms with Crippen molar-refractivity contribution in [2.45, 2.75) is 31.2 Å². The highest BCUT2D eigenvalue weighted by molar-refractivity contribution is 7.92. The van der Waals surface area contributed by atoms with Crippen molar-refractivity contribution >= 4 is 48.9 Å². The highest BCUT2D eigenvalue weighted by Gasteiger charge is 2.23. The van der Waals surface area contributed by atoms with Gasteiger partial charge in [-0.2, -0.15) is 0 Å². The minimum absolute atomic E-state index is 0.0860. The Morgan fingerprint density at radius 3 is 2.50 bits per heavy atom. The second kappa shape index (κ2) is 8.73. The molecule has 0 aliphatic carbocycles. The van der Waals surface area contributed by atoms with Crippen molar-refractivity contribution in [3.63, 3.8) is 0 Å². The lowest BCUT2D eigenvalue weighted by Crippen LogP contribution is -2.24. The number of nitrogens with one attached hydrogen (secondary N) is 1. The van der Waals surface area contributed by atoms with Gasteiger partial charge in [0.25, 0.3) is 10.0 Å². The Balaban J connectivity index is 1.41. The van der Waals surface area contributed by atoms with E-state index < -0.39 is 10.0 Å². The number of hydrogen-bond donors (Lipinski definition) is 1. The number of amides is 1. The number of hydrogen-bond acceptors (Lipinski definition) is 5. The SMILES string of the molecule is Cc1cc(NS(=O)(=O)c2ccc3c(c2)sc(=O)n3Cc2ccccc2)ccc1N1CCCC1=O. The van der Waals surface area contributed by atoms with Crippen LogP contribution in [-0.2, 0) is 21.4 Å². The molecule has 174 valence electrons. The maximum atomic E-state index is 13.1. The molecule has 1 aromatic heterocycles. The lowest BCUT2D eigenvalue weighted by Gasteiger charge is -2.19. The van der Waals surface area contributed by atoms with E-state index in [9.17, 15) is 18.0 Å². The topological polar surface area (TPSA) is 88.5 Å². The quantitative estimate of drug-likeness (QED) is 0.433. The van der Waals surface area contributed by atoms with Crippen LogP contribution in [0.3, 0.4) is 0 Å². The number of benzene rings is 3. The molecule has 0 saturated carbocycles. The highest BCUT2D eigenvalue weighted by atomic mass is 32.2. The number of aromatic nitrogens is 1. The number of rotatable bonds is 6. The van der Waals surface area contributed by atoms with Gasteiger partial charge >= 0.3 is 4.87 Å². The fourth-order valence-corrected chi connectivity index (χ4v) is 6.35. The van der Waals surface area contributed by atoms with Crippen molar-refractivity contribution in [2.24, 2.45) is 0 Å². The molecule has 0 spiro atoms. The van der Waals surface area contributed by atoms with E-state index in [4.69, 9.17) is 0 Å². The fourth-order valence-electron chi connectivity index (χ4n) is 4.27. The lowest BCUT2D eigenvalue weighted by molar-refractivity contribution is -0.117. The van der Waals surface area contributed by atoms with Crippen LogP contribution in [0.25, 0.3) is 10.2 Å². The molecule has 4 aromatic rings. The van der Waals surface area contributed by atoms with E-state index in [0.717, 1.165) is 34.6 Å². The van der Waals surface area contributed by atoms with Crippen molar-refractivity contribution in [3.05, 3.63) is 87.5 Å². The van der Waals surface area contributed by atoms with Gasteiger partial charge in [0.2, 0.25) is 5.91 Å². The zero-order valence-electron chi connectivity index (χ0n) is 18.5. The van der Waals surface area contributed by atoms with Crippen molar-refractivity contribution in [1.82, 2.24) is 4.57 Å². The van der Waals surface area contributed by atoms with E-state index in [1.807, 2.05) is 37.3 Å². The van der Waals surface area contributed by atoms with Crippen molar-refractivity contribution < 1.29 is 13.2 Å². The molecular weight excluding hydrogens is 470 g/mol. The molecule has 1 aliphatic rings. The number of nitrogens with zero attached hydrogens (tertiary/aromatic N) is 2. The van der Waals surface area contributed by atoms with Gasteiger partial charge in [-0.25, -0.2) is 8.42 Å². The van der Waals surface area contributed by atoms with Crippen molar-refractivity contribution in [1.29, 1.82) is 0 Å². The Hall–Kier alpha value is -3.43. The van der Waals surface area contributed by atoms with Crippen LogP contribution in [0.4, 0.5) is 11.4 Å². The zero-order valence-corrected chi connectivity index (χ0v) is 20.2. The fraction of sp³-hybridized carbons (Fsp3) is 0.200. The van der Waals surface area contributed by atoms with Gasteiger partial charge in [0.05, 0.1) is 21.7 Å². The van der Waals surface area contributed by atoms with Gasteiger partial charge in [0, 0.05) is 24.3 Å². The molecule has 5 rings (SSSR count). The Kier molecular flexibility index (Phi) is 5.75. The van der Waals surface area contributed by atoms with Gasteiger partial charge in [0.1, 0.15) is 0 Å². The van der Waals surface area contributed by atoms with Gasteiger partial charge in [-0.05, 0) is 60.9 Å². The third kappa shape index (κ3) is 4.24. The van der Waals surface area contributed by atoms with Crippen LogP contribution in [-0.4, -0.2) is 25.4 Å². The summed E-state index contributed by atoms with van der Waals surface area (Å²) in [5.41, 5.74) is 3.74. The third-order valence-electron chi connectivity index (χ3n) is 5.95. The predicted octanol–water partition coefficient (Wildman–Crippen LogP) is 4.35. The van der Waals surface area contributed by atoms with Gasteiger partial charge in [0.15, 0.2) is 0 Å². The monoisotopic (exact) mass is 493 g/mol. The summed E-state index contributed by atoms with van der Waals surface area (Å²) in [6, 6.07) is 19.6. The first kappa shape index (κ1) is 22.4. The van der Waals surface area contributed by atoms with E-state index in [2.05, 4.69) is 4.72 Å². The second-order valence-corrected chi connectivity index (χ2v) is 11.0. The molecule has 0 atom stereocenters. The summed E-state index contributed by atoms with van der Waals surface area (Å²) >= 11 is 1.03. The first-order chi connectivity index (χ1) is 16.3. The molecule has 1 N–H and O–H groups in total. The molecule has 1 saturated heterocycles. The number of carbonyl (C=O) groups is 1. The number of sulfonamides is 1. The predicted molar refractivity (Wildman–Crippen MR) is 135 cm³/mol. The number of aryl methyl sites for hydroxylation is 1. The largest absolute Gasteiger partial charge is 0.312 e. The maximum Gasteiger partial charge on any atom is 0.308 e. The van der Waals surface area contributed by atoms with Crippen LogP contribution in [0.5, 0.6) is 0 Å². The molecule has 1 aliphatic heterocycles. The molecule has 7 nitrogen and oxygen atoms in total. The third-order valence-corrected chi connectivity index (χ3v) is 8.27. The number of thiazole rings is 1. The first-order valence-corrected chi connectivity index (χ1v) is 13.2. The molecule has 0 unspecified atom stereocenters. The van der Waals surface area contributed by atoms with Crippen molar-refractivity contribution in [2.75, 3.05) is 16.2 Å². The zero-order chi connectivity index (χ0) is 23.9. The Labute approximate surface area is 201 Å². The van der Waals surface area contributed by atoms with E-state index in [-0.39, 0.29) is 15.7 Å². The average Bonchev–Trinajstić information content (AvgIpc) is 3.36. The molecular formula is C25H23N3O4S2. The van der Waals surface area contributed by atoms with Crippen LogP contribution in [0.2, 0.25) is 0 Å². The van der Waals surface area contributed by atoms with Gasteiger partial charge in [-0.3, -0.25) is 18.9 Å². The normalized spacial score (nSPS) is 14.1. The molecule has 0 radical (unpaired) electrons. The van der Waals surface area contributed by atoms with E-state index in [1.165, 1.54) is 12.1 Å². The molecule has 0 bridgehead atoms. The van der Waals surface area contributed by atoms with Crippen LogP contribution < -0.4 is 14.5 Å². The summed E-state index contributed by atoms with van der Waals surface area (Å²) in [6.45, 7) is 2.96. The summed E-state index contributed by atoms with van der Waals surface area (Å²) in [4.78, 5) is 26.3. The Bertz CT molecular complexity index is 1560. The molecule has 9 heteroatoms. The number of anilines is 2. The van der Waals surface area contributed by atoms with Crippen LogP contribution in [0.15, 0.2) is 76.4 Å². The summed E-state index contributed by atoms with van der Waals surface area (Å²) in [5, 5.41) is 0. The molecule has 1 amide bonds. The minimum Gasteiger partial charge on any atom is -0.312 e. The summed E-state index contributed by atoms with van der Waals surface area (Å²) in [6.07, 6.45) is 1.36. The standard InChI is InChI=1S/C25H23N3O4S2/c1-17-14-19(9-11-21(17)27-13-5-8-24(27)29)26-34(31,32)20-10-12-22-23(15-20)33-25(30)28(22)16-18-6-3-2-4-7-18/h2-4,6-7,9-12,14-15,26H,5,8,13,16H2,1H3. The second-order valence-electron chi connectivity index (χ2n) is 8.32. The van der Waals surface area contributed by atoms with Crippen LogP contribution in [0.1, 0.15) is 24.0 Å². The number of fused-ring (bicyclic) bond motifs is 1. The molecule has 34 heavy (non-hydrogen) atoms. The highest BCUT2D eigenvalue weighted by Crippen LogP contribution is 2.29. The van der Waals surface area contributed by atoms with Gasteiger partial charge < -0.3 is 4.90 Å².